The zero-order valence-corrected chi connectivity index (χ0v) is 23.4. The first-order chi connectivity index (χ1) is 14.5. The summed E-state index contributed by atoms with van der Waals surface area (Å²) >= 11 is 5.25. The molecule has 0 amide bonds. The SMILES string of the molecule is C/C(=N/N=C(\[O-])c1ccccc1Cl)[C]1[CH][CH][CH][CH]1.C[CH2][Sn+]([CH2]C)[CH2]C.[CH]1[CH][CH][CH][CH]1.[Fe+2]. The summed E-state index contributed by atoms with van der Waals surface area (Å²) in [7, 11) is 0. The number of benzene rings is 1. The molecule has 0 unspecified atom stereocenters. The summed E-state index contributed by atoms with van der Waals surface area (Å²) in [5.74, 6) is 0.511. The van der Waals surface area contributed by atoms with E-state index in [1.165, 1.54) is 0 Å². The fourth-order valence-electron chi connectivity index (χ4n) is 2.55. The Bertz CT molecular complexity index is 627. The van der Waals surface area contributed by atoms with Gasteiger partial charge in [-0.1, -0.05) is 29.8 Å². The quantitative estimate of drug-likeness (QED) is 0.181. The predicted molar refractivity (Wildman–Crippen MR) is 130 cm³/mol. The van der Waals surface area contributed by atoms with Crippen LogP contribution in [0.5, 0.6) is 0 Å². The number of halogens is 1. The Morgan fingerprint density at radius 3 is 1.74 bits per heavy atom. The Kier molecular flexibility index (Phi) is 19.4. The van der Waals surface area contributed by atoms with Crippen molar-refractivity contribution in [1.82, 2.24) is 0 Å². The first-order valence-electron chi connectivity index (χ1n) is 10.3. The first-order valence-corrected chi connectivity index (χ1v) is 16.7. The number of rotatable bonds is 6. The molecule has 10 radical (unpaired) electrons. The molecule has 1 aromatic carbocycles. The van der Waals surface area contributed by atoms with Crippen molar-refractivity contribution in [3.63, 3.8) is 0 Å². The topological polar surface area (TPSA) is 47.8 Å². The zero-order valence-electron chi connectivity index (χ0n) is 18.7. The van der Waals surface area contributed by atoms with E-state index in [2.05, 4.69) is 31.0 Å². The molecule has 0 spiro atoms. The van der Waals surface area contributed by atoms with Gasteiger partial charge in [0.2, 0.25) is 0 Å². The van der Waals surface area contributed by atoms with Crippen molar-refractivity contribution < 1.29 is 22.2 Å². The number of hydrogen-bond acceptors (Lipinski definition) is 3. The predicted octanol–water partition coefficient (Wildman–Crippen LogP) is 5.79. The van der Waals surface area contributed by atoms with E-state index in [0.29, 0.717) is 16.3 Å². The summed E-state index contributed by atoms with van der Waals surface area (Å²) in [5, 5.41) is 19.8. The van der Waals surface area contributed by atoms with Crippen LogP contribution in [0.4, 0.5) is 0 Å². The normalized spacial score (nSPS) is 16.5. The Hall–Kier alpha value is -0.0318. The molecule has 0 heterocycles. The average molecular weight is 586 g/mol. The summed E-state index contributed by atoms with van der Waals surface area (Å²) < 4.78 is 4.65. The van der Waals surface area contributed by atoms with Crippen LogP contribution in [0.25, 0.3) is 0 Å². The number of hydrogen-bond donors (Lipinski definition) is 0. The molecule has 164 valence electrons. The maximum Gasteiger partial charge on any atom is 2.00 e. The summed E-state index contributed by atoms with van der Waals surface area (Å²) in [6.45, 7) is 8.85. The van der Waals surface area contributed by atoms with E-state index in [9.17, 15) is 5.11 Å². The molecular formula is C25H31ClFeN2OSn+2. The van der Waals surface area contributed by atoms with Gasteiger partial charge in [0.1, 0.15) is 0 Å². The van der Waals surface area contributed by atoms with E-state index in [-0.39, 0.29) is 17.1 Å². The van der Waals surface area contributed by atoms with Crippen LogP contribution in [0.2, 0.25) is 18.3 Å². The molecule has 2 aliphatic rings. The minimum atomic E-state index is -0.653. The summed E-state index contributed by atoms with van der Waals surface area (Å²) in [6.07, 6.45) is 17.6. The third kappa shape index (κ3) is 13.3. The second-order valence-corrected chi connectivity index (χ2v) is 17.3. The summed E-state index contributed by atoms with van der Waals surface area (Å²) in [6, 6.07) is 6.78. The third-order valence-electron chi connectivity index (χ3n) is 4.53. The summed E-state index contributed by atoms with van der Waals surface area (Å²) in [5.41, 5.74) is 1.05. The molecule has 3 nitrogen and oxygen atoms in total. The van der Waals surface area contributed by atoms with Gasteiger partial charge in [-0.25, -0.2) is 0 Å². The van der Waals surface area contributed by atoms with E-state index in [0.717, 1.165) is 5.92 Å². The maximum absolute atomic E-state index is 11.8. The van der Waals surface area contributed by atoms with Crippen molar-refractivity contribution in [3.8, 4) is 0 Å². The van der Waals surface area contributed by atoms with E-state index in [1.54, 1.807) is 44.5 Å². The minimum Gasteiger partial charge on any atom is -0.0312 e. The van der Waals surface area contributed by atoms with Crippen LogP contribution < -0.4 is 5.11 Å². The molecule has 1 aromatic rings. The molecule has 6 heteroatoms. The van der Waals surface area contributed by atoms with Crippen molar-refractivity contribution in [2.24, 2.45) is 10.2 Å². The Labute approximate surface area is 213 Å². The van der Waals surface area contributed by atoms with Gasteiger partial charge in [-0.05, 0) is 70.8 Å². The van der Waals surface area contributed by atoms with Crippen molar-refractivity contribution in [2.75, 3.05) is 0 Å². The molecule has 3 rings (SSSR count). The van der Waals surface area contributed by atoms with Crippen LogP contribution in [0, 0.1) is 63.7 Å². The number of nitrogens with zero attached hydrogens (tertiary/aromatic N) is 2. The van der Waals surface area contributed by atoms with Gasteiger partial charge in [-0.2, -0.15) is 10.2 Å². The second kappa shape index (κ2) is 19.4. The molecule has 0 saturated heterocycles. The van der Waals surface area contributed by atoms with Gasteiger partial charge in [0, 0.05) is 28.1 Å². The molecule has 2 fully saturated rings. The maximum atomic E-state index is 11.8. The van der Waals surface area contributed by atoms with Crippen molar-refractivity contribution in [2.45, 2.75) is 41.0 Å². The third-order valence-corrected chi connectivity index (χ3v) is 13.4. The standard InChI is InChI=1S/C14H12ClN2O.C5H5.3C2H5.Fe.Sn/c1-10(11-6-2-3-7-11)16-17-14(18)12-8-4-5-9-13(12)15;1-2-4-5-3-1;3*1-2;;/h2-9H,1H3,(H,17,18);1-5H;3*1H2,2H3;;/q;;;;;+2;+1/p-1/b16-10-;;;;;;. The fourth-order valence-corrected chi connectivity index (χ4v) is 7.05. The molecule has 0 atom stereocenters. The molecule has 0 aliphatic heterocycles. The Morgan fingerprint density at radius 1 is 0.839 bits per heavy atom. The van der Waals surface area contributed by atoms with Crippen LogP contribution in [0.3, 0.4) is 0 Å². The first kappa shape index (κ1) is 31.0. The van der Waals surface area contributed by atoms with Gasteiger partial charge < -0.3 is 5.11 Å². The van der Waals surface area contributed by atoms with Gasteiger partial charge in [0.05, 0.1) is 0 Å². The molecule has 0 bridgehead atoms. The Balaban J connectivity index is 0.000000571. The fraction of sp³-hybridized carbons (Fsp3) is 0.280. The van der Waals surface area contributed by atoms with Gasteiger partial charge in [-0.3, -0.25) is 0 Å². The van der Waals surface area contributed by atoms with Crippen LogP contribution in [0.1, 0.15) is 33.3 Å². The Morgan fingerprint density at radius 2 is 1.32 bits per heavy atom. The molecule has 2 aliphatic carbocycles. The van der Waals surface area contributed by atoms with E-state index in [1.807, 2.05) is 57.8 Å². The molecule has 31 heavy (non-hydrogen) atoms. The van der Waals surface area contributed by atoms with Gasteiger partial charge >= 0.3 is 70.9 Å². The van der Waals surface area contributed by atoms with Crippen LogP contribution in [-0.2, 0) is 17.1 Å². The minimum absolute atomic E-state index is 0. The largest absolute Gasteiger partial charge is 2.00 e. The zero-order chi connectivity index (χ0) is 22.2. The molecule has 0 aromatic heterocycles. The van der Waals surface area contributed by atoms with Crippen LogP contribution in [-0.4, -0.2) is 31.4 Å². The molecule has 0 N–H and O–H groups in total. The van der Waals surface area contributed by atoms with Gasteiger partial charge in [-0.15, -0.1) is 0 Å². The van der Waals surface area contributed by atoms with Crippen LogP contribution in [0.15, 0.2) is 34.5 Å². The van der Waals surface area contributed by atoms with E-state index in [4.69, 9.17) is 11.6 Å². The van der Waals surface area contributed by atoms with Crippen LogP contribution >= 0.6 is 11.6 Å². The summed E-state index contributed by atoms with van der Waals surface area (Å²) in [4.78, 5) is 0. The molecule has 2 saturated carbocycles. The second-order valence-electron chi connectivity index (χ2n) is 6.52. The van der Waals surface area contributed by atoms with Gasteiger partial charge in [0.25, 0.3) is 0 Å². The average Bonchev–Trinajstić information content (AvgIpc) is 3.51. The smallest absolute Gasteiger partial charge is 0.0312 e. The monoisotopic (exact) mass is 586 g/mol. The van der Waals surface area contributed by atoms with E-state index < -0.39 is 25.7 Å². The van der Waals surface area contributed by atoms with Crippen molar-refractivity contribution in [3.05, 3.63) is 98.6 Å². The van der Waals surface area contributed by atoms with Crippen molar-refractivity contribution in [1.29, 1.82) is 0 Å². The van der Waals surface area contributed by atoms with Gasteiger partial charge in [0.15, 0.2) is 0 Å². The van der Waals surface area contributed by atoms with Crippen molar-refractivity contribution >= 4 is 43.0 Å². The molecular weight excluding hydrogens is 554 g/mol. The van der Waals surface area contributed by atoms with E-state index >= 15 is 0 Å².